The number of hydrogen-bond donors (Lipinski definition) is 2. The highest BCUT2D eigenvalue weighted by Crippen LogP contribution is 2.37. The van der Waals surface area contributed by atoms with Crippen LogP contribution >= 0.6 is 0 Å². The lowest BCUT2D eigenvalue weighted by molar-refractivity contribution is -0.386. The minimum absolute atomic E-state index is 0.0933. The molecular weight excluding hydrogens is 230 g/mol. The molecule has 0 fully saturated rings. The van der Waals surface area contributed by atoms with Crippen molar-refractivity contribution < 1.29 is 24.7 Å². The first kappa shape index (κ1) is 12.5. The molecule has 7 heteroatoms. The monoisotopic (exact) mass is 239 g/mol. The zero-order valence-electron chi connectivity index (χ0n) is 8.78. The van der Waals surface area contributed by atoms with Crippen LogP contribution in [0.1, 0.15) is 5.56 Å². The number of phenolic OH excluding ortho intramolecular Hbond substituents is 1. The largest absolute Gasteiger partial charge is 0.500 e. The minimum atomic E-state index is -1.18. The van der Waals surface area contributed by atoms with Crippen LogP contribution in [-0.4, -0.2) is 28.2 Å². The van der Waals surface area contributed by atoms with Gasteiger partial charge in [-0.2, -0.15) is 0 Å². The second-order valence-electron chi connectivity index (χ2n) is 3.02. The molecule has 0 saturated carbocycles. The Morgan fingerprint density at radius 2 is 2.18 bits per heavy atom. The fourth-order valence-electron chi connectivity index (χ4n) is 1.17. The molecule has 17 heavy (non-hydrogen) atoms. The van der Waals surface area contributed by atoms with Crippen molar-refractivity contribution in [2.24, 2.45) is 0 Å². The molecule has 0 atom stereocenters. The summed E-state index contributed by atoms with van der Waals surface area (Å²) >= 11 is 0. The lowest BCUT2D eigenvalue weighted by atomic mass is 10.1. The molecule has 0 heterocycles. The third-order valence-electron chi connectivity index (χ3n) is 1.91. The molecule has 0 aliphatic carbocycles. The molecule has 0 aliphatic heterocycles. The van der Waals surface area contributed by atoms with E-state index >= 15 is 0 Å². The van der Waals surface area contributed by atoms with Crippen LogP contribution in [0.4, 0.5) is 5.69 Å². The second kappa shape index (κ2) is 4.97. The molecule has 0 radical (unpaired) electrons. The fourth-order valence-corrected chi connectivity index (χ4v) is 1.17. The SMILES string of the molecule is COc1cc(/C=C/C(=O)O)cc([N+](=O)[O-])c1O. The second-order valence-corrected chi connectivity index (χ2v) is 3.02. The first-order chi connectivity index (χ1) is 7.95. The van der Waals surface area contributed by atoms with Crippen molar-refractivity contribution in [1.29, 1.82) is 0 Å². The number of hydrogen-bond acceptors (Lipinski definition) is 5. The summed E-state index contributed by atoms with van der Waals surface area (Å²) in [7, 11) is 1.24. The molecule has 1 aromatic carbocycles. The van der Waals surface area contributed by atoms with Gasteiger partial charge >= 0.3 is 11.7 Å². The van der Waals surface area contributed by atoms with Gasteiger partial charge in [0, 0.05) is 12.1 Å². The summed E-state index contributed by atoms with van der Waals surface area (Å²) in [6.45, 7) is 0. The lowest BCUT2D eigenvalue weighted by Gasteiger charge is -2.04. The smallest absolute Gasteiger partial charge is 0.328 e. The van der Waals surface area contributed by atoms with Crippen LogP contribution in [0.15, 0.2) is 18.2 Å². The van der Waals surface area contributed by atoms with Gasteiger partial charge in [0.05, 0.1) is 12.0 Å². The predicted octanol–water partition coefficient (Wildman–Crippen LogP) is 1.41. The van der Waals surface area contributed by atoms with Gasteiger partial charge in [-0.15, -0.1) is 0 Å². The number of aromatic hydroxyl groups is 1. The van der Waals surface area contributed by atoms with E-state index < -0.39 is 22.3 Å². The number of carbonyl (C=O) groups is 1. The van der Waals surface area contributed by atoms with Gasteiger partial charge in [0.2, 0.25) is 5.75 Å². The van der Waals surface area contributed by atoms with Gasteiger partial charge in [0.15, 0.2) is 5.75 Å². The van der Waals surface area contributed by atoms with Crippen LogP contribution in [-0.2, 0) is 4.79 Å². The molecule has 7 nitrogen and oxygen atoms in total. The van der Waals surface area contributed by atoms with E-state index in [9.17, 15) is 20.0 Å². The van der Waals surface area contributed by atoms with Crippen molar-refractivity contribution in [1.82, 2.24) is 0 Å². The van der Waals surface area contributed by atoms with Crippen LogP contribution < -0.4 is 4.74 Å². The number of rotatable bonds is 4. The summed E-state index contributed by atoms with van der Waals surface area (Å²) in [6, 6.07) is 2.35. The zero-order chi connectivity index (χ0) is 13.0. The summed E-state index contributed by atoms with van der Waals surface area (Å²) in [4.78, 5) is 20.2. The summed E-state index contributed by atoms with van der Waals surface area (Å²) in [5.74, 6) is -1.87. The number of benzene rings is 1. The van der Waals surface area contributed by atoms with Crippen molar-refractivity contribution in [2.75, 3.05) is 7.11 Å². The average molecular weight is 239 g/mol. The van der Waals surface area contributed by atoms with Crippen molar-refractivity contribution >= 4 is 17.7 Å². The third-order valence-corrected chi connectivity index (χ3v) is 1.91. The molecule has 0 aromatic heterocycles. The standard InChI is InChI=1S/C10H9NO6/c1-17-8-5-6(2-3-9(12)13)4-7(10(8)14)11(15)16/h2-5,14H,1H3,(H,12,13)/b3-2+. The maximum absolute atomic E-state index is 10.6. The number of nitro benzene ring substituents is 1. The Morgan fingerprint density at radius 3 is 2.65 bits per heavy atom. The molecule has 1 rings (SSSR count). The number of ether oxygens (including phenoxy) is 1. The highest BCUT2D eigenvalue weighted by molar-refractivity contribution is 5.85. The van der Waals surface area contributed by atoms with Crippen LogP contribution in [0, 0.1) is 10.1 Å². The summed E-state index contributed by atoms with van der Waals surface area (Å²) < 4.78 is 4.75. The molecule has 2 N–H and O–H groups in total. The Hall–Kier alpha value is -2.57. The van der Waals surface area contributed by atoms with Crippen molar-refractivity contribution in [3.63, 3.8) is 0 Å². The molecule has 1 aromatic rings. The Morgan fingerprint density at radius 1 is 1.53 bits per heavy atom. The van der Waals surface area contributed by atoms with Gasteiger partial charge in [-0.05, 0) is 17.7 Å². The topological polar surface area (TPSA) is 110 Å². The van der Waals surface area contributed by atoms with E-state index in [2.05, 4.69) is 0 Å². The summed E-state index contributed by atoms with van der Waals surface area (Å²) in [5, 5.41) is 28.5. The Bertz CT molecular complexity index is 494. The maximum atomic E-state index is 10.6. The van der Waals surface area contributed by atoms with Crippen LogP contribution in [0.5, 0.6) is 11.5 Å². The Kier molecular flexibility index (Phi) is 3.66. The van der Waals surface area contributed by atoms with Gasteiger partial charge in [0.1, 0.15) is 0 Å². The Balaban J connectivity index is 3.30. The molecule has 0 bridgehead atoms. The van der Waals surface area contributed by atoms with E-state index in [0.717, 1.165) is 18.2 Å². The normalized spacial score (nSPS) is 10.4. The number of methoxy groups -OCH3 is 1. The van der Waals surface area contributed by atoms with Gasteiger partial charge in [-0.25, -0.2) is 4.79 Å². The fraction of sp³-hybridized carbons (Fsp3) is 0.100. The van der Waals surface area contributed by atoms with Crippen LogP contribution in [0.25, 0.3) is 6.08 Å². The number of nitro groups is 1. The number of carboxylic acid groups (broad SMARTS) is 1. The summed E-state index contributed by atoms with van der Waals surface area (Å²) in [5.41, 5.74) is -0.303. The van der Waals surface area contributed by atoms with Crippen molar-refractivity contribution in [3.05, 3.63) is 33.9 Å². The van der Waals surface area contributed by atoms with Gasteiger partial charge in [-0.1, -0.05) is 0 Å². The van der Waals surface area contributed by atoms with E-state index in [1.54, 1.807) is 0 Å². The molecular formula is C10H9NO6. The minimum Gasteiger partial charge on any atom is -0.500 e. The van der Waals surface area contributed by atoms with Crippen molar-refractivity contribution in [2.45, 2.75) is 0 Å². The molecule has 0 unspecified atom stereocenters. The molecule has 0 aliphatic rings. The summed E-state index contributed by atoms with van der Waals surface area (Å²) in [6.07, 6.45) is 1.99. The quantitative estimate of drug-likeness (QED) is 0.467. The lowest BCUT2D eigenvalue weighted by Crippen LogP contribution is -1.93. The van der Waals surface area contributed by atoms with E-state index in [1.165, 1.54) is 13.2 Å². The number of nitrogens with zero attached hydrogens (tertiary/aromatic N) is 1. The number of carboxylic acids is 1. The average Bonchev–Trinajstić information content (AvgIpc) is 2.27. The number of phenols is 1. The molecule has 90 valence electrons. The van der Waals surface area contributed by atoms with Gasteiger partial charge in [0.25, 0.3) is 0 Å². The van der Waals surface area contributed by atoms with E-state index in [-0.39, 0.29) is 11.3 Å². The first-order valence-corrected chi connectivity index (χ1v) is 4.42. The van der Waals surface area contributed by atoms with Crippen LogP contribution in [0.2, 0.25) is 0 Å². The molecule has 0 saturated heterocycles. The highest BCUT2D eigenvalue weighted by Gasteiger charge is 2.18. The van der Waals surface area contributed by atoms with E-state index in [4.69, 9.17) is 9.84 Å². The Labute approximate surface area is 95.7 Å². The third kappa shape index (κ3) is 2.94. The van der Waals surface area contributed by atoms with E-state index in [0.29, 0.717) is 0 Å². The van der Waals surface area contributed by atoms with Crippen molar-refractivity contribution in [3.8, 4) is 11.5 Å². The maximum Gasteiger partial charge on any atom is 0.328 e. The molecule has 0 amide bonds. The predicted molar refractivity (Wildman–Crippen MR) is 58.0 cm³/mol. The van der Waals surface area contributed by atoms with Crippen LogP contribution in [0.3, 0.4) is 0 Å². The zero-order valence-corrected chi connectivity index (χ0v) is 8.78. The van der Waals surface area contributed by atoms with E-state index in [1.807, 2.05) is 0 Å². The first-order valence-electron chi connectivity index (χ1n) is 4.42. The van der Waals surface area contributed by atoms with Gasteiger partial charge in [-0.3, -0.25) is 10.1 Å². The van der Waals surface area contributed by atoms with Gasteiger partial charge < -0.3 is 14.9 Å². The molecule has 0 spiro atoms. The number of aliphatic carboxylic acids is 1. The highest BCUT2D eigenvalue weighted by atomic mass is 16.6.